The van der Waals surface area contributed by atoms with E-state index < -0.39 is 0 Å². The number of nitrogens with zero attached hydrogens (tertiary/aromatic N) is 3. The zero-order chi connectivity index (χ0) is 23.2. The molecule has 1 heterocycles. The number of ether oxygens (including phenoxy) is 1. The highest BCUT2D eigenvalue weighted by atomic mass is 35.5. The van der Waals surface area contributed by atoms with Gasteiger partial charge in [0.15, 0.2) is 11.0 Å². The van der Waals surface area contributed by atoms with Crippen molar-refractivity contribution in [2.45, 2.75) is 23.9 Å². The second-order valence-electron chi connectivity index (χ2n) is 7.27. The second-order valence-corrected chi connectivity index (χ2v) is 8.98. The summed E-state index contributed by atoms with van der Waals surface area (Å²) in [7, 11) is 1.59. The summed E-state index contributed by atoms with van der Waals surface area (Å²) in [5, 5.41) is 13.2. The average molecular weight is 479 g/mol. The number of halogens is 1. The van der Waals surface area contributed by atoms with Crippen LogP contribution in [-0.2, 0) is 6.54 Å². The van der Waals surface area contributed by atoms with Gasteiger partial charge in [-0.3, -0.25) is 9.36 Å². The van der Waals surface area contributed by atoms with Gasteiger partial charge in [0.2, 0.25) is 0 Å². The first-order valence-electron chi connectivity index (χ1n) is 10.4. The van der Waals surface area contributed by atoms with Crippen LogP contribution in [0.15, 0.2) is 84.0 Å². The summed E-state index contributed by atoms with van der Waals surface area (Å²) in [5.74, 6) is 1.07. The molecule has 4 rings (SSSR count). The number of nitrogens with one attached hydrogen (secondary N) is 1. The molecule has 0 aliphatic rings. The molecule has 0 aliphatic heterocycles. The number of rotatable bonds is 8. The van der Waals surface area contributed by atoms with Gasteiger partial charge in [0.1, 0.15) is 5.75 Å². The Morgan fingerprint density at radius 3 is 2.42 bits per heavy atom. The Balaban J connectivity index is 1.59. The zero-order valence-electron chi connectivity index (χ0n) is 18.2. The summed E-state index contributed by atoms with van der Waals surface area (Å²) in [6, 6.07) is 24.7. The van der Waals surface area contributed by atoms with E-state index in [0.29, 0.717) is 27.3 Å². The Bertz CT molecular complexity index is 1230. The Morgan fingerprint density at radius 1 is 1.03 bits per heavy atom. The normalized spacial score (nSPS) is 11.7. The molecule has 4 aromatic rings. The number of aromatic nitrogens is 3. The van der Waals surface area contributed by atoms with Crippen molar-refractivity contribution in [3.63, 3.8) is 0 Å². The third-order valence-electron chi connectivity index (χ3n) is 5.10. The van der Waals surface area contributed by atoms with Crippen LogP contribution < -0.4 is 10.1 Å². The van der Waals surface area contributed by atoms with Crippen molar-refractivity contribution in [1.82, 2.24) is 20.1 Å². The van der Waals surface area contributed by atoms with Gasteiger partial charge in [0.25, 0.3) is 5.91 Å². The van der Waals surface area contributed by atoms with Gasteiger partial charge in [0.05, 0.1) is 24.4 Å². The molecule has 1 atom stereocenters. The molecular weight excluding hydrogens is 456 g/mol. The van der Waals surface area contributed by atoms with E-state index in [1.165, 1.54) is 5.56 Å². The zero-order valence-corrected chi connectivity index (χ0v) is 19.8. The van der Waals surface area contributed by atoms with Gasteiger partial charge in [-0.05, 0) is 48.9 Å². The van der Waals surface area contributed by atoms with Crippen LogP contribution in [0.5, 0.6) is 5.75 Å². The first-order chi connectivity index (χ1) is 16.1. The van der Waals surface area contributed by atoms with Crippen LogP contribution in [0, 0.1) is 0 Å². The molecule has 0 radical (unpaired) electrons. The van der Waals surface area contributed by atoms with E-state index in [9.17, 15) is 4.79 Å². The van der Waals surface area contributed by atoms with Gasteiger partial charge in [-0.25, -0.2) is 0 Å². The van der Waals surface area contributed by atoms with Crippen LogP contribution in [0.25, 0.3) is 5.69 Å². The fourth-order valence-corrected chi connectivity index (χ4v) is 4.55. The quantitative estimate of drug-likeness (QED) is 0.328. The molecule has 6 nitrogen and oxygen atoms in total. The molecule has 0 saturated carbocycles. The van der Waals surface area contributed by atoms with E-state index in [2.05, 4.69) is 34.6 Å². The summed E-state index contributed by atoms with van der Waals surface area (Å²) in [6.45, 7) is 2.32. The standard InChI is InChI=1S/C25H23ClN4O2S/c1-17(18-8-4-3-5-9-18)33-25-29-28-23(30(25)22-11-7-6-10-21(22)26)16-27-24(31)19-12-14-20(32-2)15-13-19/h3-15,17H,16H2,1-2H3,(H,27,31). The van der Waals surface area contributed by atoms with Gasteiger partial charge in [-0.1, -0.05) is 65.8 Å². The summed E-state index contributed by atoms with van der Waals surface area (Å²) in [5.41, 5.74) is 2.48. The number of thioether (sulfide) groups is 1. The molecule has 1 amide bonds. The van der Waals surface area contributed by atoms with Crippen molar-refractivity contribution >= 4 is 29.3 Å². The molecule has 0 bridgehead atoms. The number of methoxy groups -OCH3 is 1. The van der Waals surface area contributed by atoms with E-state index in [0.717, 1.165) is 5.69 Å². The molecule has 0 saturated heterocycles. The Kier molecular flexibility index (Phi) is 7.32. The summed E-state index contributed by atoms with van der Waals surface area (Å²) in [4.78, 5) is 12.7. The highest BCUT2D eigenvalue weighted by Gasteiger charge is 2.20. The van der Waals surface area contributed by atoms with Gasteiger partial charge in [-0.2, -0.15) is 0 Å². The molecule has 8 heteroatoms. The first kappa shape index (κ1) is 22.9. The van der Waals surface area contributed by atoms with Gasteiger partial charge in [0, 0.05) is 10.8 Å². The molecule has 33 heavy (non-hydrogen) atoms. The summed E-state index contributed by atoms with van der Waals surface area (Å²) >= 11 is 8.10. The smallest absolute Gasteiger partial charge is 0.251 e. The van der Waals surface area contributed by atoms with Crippen molar-refractivity contribution in [2.24, 2.45) is 0 Å². The number of hydrogen-bond acceptors (Lipinski definition) is 5. The maximum atomic E-state index is 12.7. The molecule has 1 N–H and O–H groups in total. The molecule has 1 unspecified atom stereocenters. The average Bonchev–Trinajstić information content (AvgIpc) is 3.25. The predicted molar refractivity (Wildman–Crippen MR) is 131 cm³/mol. The van der Waals surface area contributed by atoms with E-state index in [1.807, 2.05) is 47.0 Å². The molecular formula is C25H23ClN4O2S. The number of benzene rings is 3. The summed E-state index contributed by atoms with van der Waals surface area (Å²) < 4.78 is 7.06. The maximum Gasteiger partial charge on any atom is 0.251 e. The lowest BCUT2D eigenvalue weighted by molar-refractivity contribution is 0.0949. The molecule has 1 aromatic heterocycles. The topological polar surface area (TPSA) is 69.0 Å². The van der Waals surface area contributed by atoms with Crippen LogP contribution in [0.2, 0.25) is 5.02 Å². The van der Waals surface area contributed by atoms with Crippen LogP contribution in [0.4, 0.5) is 0 Å². The number of para-hydroxylation sites is 1. The van der Waals surface area contributed by atoms with Crippen molar-refractivity contribution in [2.75, 3.05) is 7.11 Å². The highest BCUT2D eigenvalue weighted by Crippen LogP contribution is 2.36. The molecule has 0 aliphatic carbocycles. The Morgan fingerprint density at radius 2 is 1.73 bits per heavy atom. The lowest BCUT2D eigenvalue weighted by atomic mass is 10.2. The molecule has 0 fully saturated rings. The lowest BCUT2D eigenvalue weighted by Crippen LogP contribution is -2.24. The Hall–Kier alpha value is -3.29. The minimum atomic E-state index is -0.210. The van der Waals surface area contributed by atoms with Crippen molar-refractivity contribution in [3.05, 3.63) is 101 Å². The van der Waals surface area contributed by atoms with E-state index in [-0.39, 0.29) is 17.7 Å². The number of carbonyl (C=O) groups is 1. The largest absolute Gasteiger partial charge is 0.497 e. The minimum Gasteiger partial charge on any atom is -0.497 e. The summed E-state index contributed by atoms with van der Waals surface area (Å²) in [6.07, 6.45) is 0. The fraction of sp³-hybridized carbons (Fsp3) is 0.160. The number of hydrogen-bond donors (Lipinski definition) is 1. The third-order valence-corrected chi connectivity index (χ3v) is 6.52. The second kappa shape index (κ2) is 10.6. The van der Waals surface area contributed by atoms with Gasteiger partial charge in [-0.15, -0.1) is 10.2 Å². The molecule has 3 aromatic carbocycles. The van der Waals surface area contributed by atoms with Gasteiger partial charge < -0.3 is 10.1 Å². The van der Waals surface area contributed by atoms with Crippen molar-refractivity contribution in [3.8, 4) is 11.4 Å². The van der Waals surface area contributed by atoms with Crippen molar-refractivity contribution in [1.29, 1.82) is 0 Å². The number of carbonyl (C=O) groups excluding carboxylic acids is 1. The van der Waals surface area contributed by atoms with E-state index in [4.69, 9.17) is 16.3 Å². The van der Waals surface area contributed by atoms with E-state index >= 15 is 0 Å². The van der Waals surface area contributed by atoms with Crippen molar-refractivity contribution < 1.29 is 9.53 Å². The van der Waals surface area contributed by atoms with Crippen LogP contribution in [0.1, 0.15) is 33.9 Å². The van der Waals surface area contributed by atoms with Crippen LogP contribution in [-0.4, -0.2) is 27.8 Å². The van der Waals surface area contributed by atoms with Gasteiger partial charge >= 0.3 is 0 Å². The Labute approximate surface area is 202 Å². The SMILES string of the molecule is COc1ccc(C(=O)NCc2nnc(SC(C)c3ccccc3)n2-c2ccccc2Cl)cc1. The first-order valence-corrected chi connectivity index (χ1v) is 11.7. The molecule has 168 valence electrons. The monoisotopic (exact) mass is 478 g/mol. The van der Waals surface area contributed by atoms with E-state index in [1.54, 1.807) is 43.1 Å². The fourth-order valence-electron chi connectivity index (χ4n) is 3.32. The highest BCUT2D eigenvalue weighted by molar-refractivity contribution is 7.99. The lowest BCUT2D eigenvalue weighted by Gasteiger charge is -2.15. The predicted octanol–water partition coefficient (Wildman–Crippen LogP) is 5.71. The molecule has 0 spiro atoms. The minimum absolute atomic E-state index is 0.151. The van der Waals surface area contributed by atoms with Crippen LogP contribution >= 0.6 is 23.4 Å². The third kappa shape index (κ3) is 5.38. The number of amides is 1. The van der Waals surface area contributed by atoms with Crippen LogP contribution in [0.3, 0.4) is 0 Å². The maximum absolute atomic E-state index is 12.7.